The third-order valence-corrected chi connectivity index (χ3v) is 10.3. The third kappa shape index (κ3) is 9.29. The molecule has 0 fully saturated rings. The SMILES string of the molecule is CCOC(=O)/C(=C(\COC(=O)c1cccc2c1nc(OCC)n2Cc1ccc(-c2ccccc2/C(N)=N/NN)cc1)c1ccc(S(C)(=O)=O)cc1)c1ccc(F)c(F)c1. The molecule has 0 saturated carbocycles. The topological polar surface area (TPSA) is 190 Å². The summed E-state index contributed by atoms with van der Waals surface area (Å²) in [5.41, 5.74) is 12.7. The molecule has 6 aromatic rings. The van der Waals surface area contributed by atoms with E-state index in [4.69, 9.17) is 25.8 Å². The molecule has 0 aliphatic rings. The molecule has 0 bridgehead atoms. The van der Waals surface area contributed by atoms with Gasteiger partial charge in [0.25, 0.3) is 6.01 Å². The smallest absolute Gasteiger partial charge is 0.340 e. The van der Waals surface area contributed by atoms with Crippen molar-refractivity contribution in [2.24, 2.45) is 16.7 Å². The molecular formula is C43H40F2N6O7S. The molecule has 0 aliphatic heterocycles. The standard InChI is InChI=1S/C43H40F2N6O7S/c1-4-56-42(53)38(29-19-22-35(44)36(45)23-29)34(28-17-20-30(21-18-28)59(3,54)55)25-58-41(52)33-11-8-12-37-39(33)48-43(57-5-2)51(37)24-26-13-15-27(16-14-26)31-9-6-7-10-32(31)40(46)49-50-47/h6-23,50H,4-5,24-25,47H2,1-3H3,(H2,46,49)/b38-34+. The zero-order chi connectivity index (χ0) is 42.3. The van der Waals surface area contributed by atoms with E-state index in [1.54, 1.807) is 19.1 Å². The van der Waals surface area contributed by atoms with Crippen LogP contribution in [0.5, 0.6) is 6.01 Å². The van der Waals surface area contributed by atoms with Crippen molar-refractivity contribution in [3.8, 4) is 17.1 Å². The summed E-state index contributed by atoms with van der Waals surface area (Å²) in [4.78, 5) is 32.2. The molecule has 16 heteroatoms. The number of fused-ring (bicyclic) bond motifs is 1. The fraction of sp³-hybridized carbons (Fsp3) is 0.163. The molecule has 6 rings (SSSR count). The predicted octanol–water partition coefficient (Wildman–Crippen LogP) is 6.25. The first-order valence-electron chi connectivity index (χ1n) is 18.3. The van der Waals surface area contributed by atoms with Gasteiger partial charge in [-0.1, -0.05) is 72.8 Å². The molecular weight excluding hydrogens is 783 g/mol. The van der Waals surface area contributed by atoms with E-state index in [-0.39, 0.29) is 63.3 Å². The Morgan fingerprint density at radius 2 is 1.53 bits per heavy atom. The molecule has 0 spiro atoms. The summed E-state index contributed by atoms with van der Waals surface area (Å²) in [6.45, 7) is 3.36. The number of hydrogen-bond donors (Lipinski definition) is 3. The Kier molecular flexibility index (Phi) is 12.8. The van der Waals surface area contributed by atoms with Gasteiger partial charge >= 0.3 is 11.9 Å². The van der Waals surface area contributed by atoms with Crippen molar-refractivity contribution in [1.29, 1.82) is 0 Å². The number of aromatic nitrogens is 2. The number of rotatable bonds is 15. The van der Waals surface area contributed by atoms with Gasteiger partial charge in [-0.3, -0.25) is 4.57 Å². The van der Waals surface area contributed by atoms with Crippen molar-refractivity contribution in [3.05, 3.63) is 149 Å². The molecule has 0 atom stereocenters. The molecule has 0 unspecified atom stereocenters. The van der Waals surface area contributed by atoms with Gasteiger partial charge in [-0.05, 0) is 78.1 Å². The number of nitrogens with two attached hydrogens (primary N) is 2. The summed E-state index contributed by atoms with van der Waals surface area (Å²) in [6, 6.07) is 28.9. The van der Waals surface area contributed by atoms with Crippen LogP contribution in [0.15, 0.2) is 119 Å². The summed E-state index contributed by atoms with van der Waals surface area (Å²) >= 11 is 0. The number of hydrazone groups is 1. The monoisotopic (exact) mass is 822 g/mol. The fourth-order valence-corrected chi connectivity index (χ4v) is 7.06. The number of nitrogens with zero attached hydrogens (tertiary/aromatic N) is 3. The molecule has 304 valence electrons. The number of para-hydroxylation sites is 1. The maximum absolute atomic E-state index is 14.6. The van der Waals surface area contributed by atoms with E-state index in [1.165, 1.54) is 36.4 Å². The minimum Gasteiger partial charge on any atom is -0.465 e. The second kappa shape index (κ2) is 18.1. The zero-order valence-electron chi connectivity index (χ0n) is 32.2. The van der Waals surface area contributed by atoms with Crippen LogP contribution in [-0.2, 0) is 30.7 Å². The van der Waals surface area contributed by atoms with Crippen LogP contribution in [0.4, 0.5) is 8.78 Å². The maximum Gasteiger partial charge on any atom is 0.340 e. The summed E-state index contributed by atoms with van der Waals surface area (Å²) in [5, 5.41) is 3.91. The number of amidine groups is 1. The first kappa shape index (κ1) is 41.7. The van der Waals surface area contributed by atoms with Crippen molar-refractivity contribution >= 4 is 49.8 Å². The Balaban J connectivity index is 1.36. The number of carbonyl (C=O) groups is 2. The first-order chi connectivity index (χ1) is 28.3. The van der Waals surface area contributed by atoms with E-state index in [1.807, 2.05) is 60.0 Å². The molecule has 5 N–H and O–H groups in total. The summed E-state index contributed by atoms with van der Waals surface area (Å²) in [7, 11) is -3.60. The largest absolute Gasteiger partial charge is 0.465 e. The number of hydrazine groups is 1. The Hall–Kier alpha value is -6.91. The van der Waals surface area contributed by atoms with Gasteiger partial charge in [-0.15, -0.1) is 5.10 Å². The molecule has 59 heavy (non-hydrogen) atoms. The molecule has 1 aromatic heterocycles. The molecule has 0 aliphatic carbocycles. The number of halogens is 2. The zero-order valence-corrected chi connectivity index (χ0v) is 33.1. The summed E-state index contributed by atoms with van der Waals surface area (Å²) < 4.78 is 72.0. The second-order valence-corrected chi connectivity index (χ2v) is 15.0. The predicted molar refractivity (Wildman–Crippen MR) is 220 cm³/mol. The van der Waals surface area contributed by atoms with Gasteiger partial charge in [0.2, 0.25) is 0 Å². The highest BCUT2D eigenvalue weighted by molar-refractivity contribution is 7.90. The summed E-state index contributed by atoms with van der Waals surface area (Å²) in [6.07, 6.45) is 1.04. The van der Waals surface area contributed by atoms with Gasteiger partial charge in [0, 0.05) is 17.4 Å². The van der Waals surface area contributed by atoms with Crippen molar-refractivity contribution in [3.63, 3.8) is 0 Å². The van der Waals surface area contributed by atoms with Gasteiger partial charge in [-0.25, -0.2) is 38.2 Å². The van der Waals surface area contributed by atoms with Gasteiger partial charge in [0.15, 0.2) is 27.3 Å². The Morgan fingerprint density at radius 3 is 2.19 bits per heavy atom. The number of ether oxygens (including phenoxy) is 3. The lowest BCUT2D eigenvalue weighted by atomic mass is 9.94. The lowest BCUT2D eigenvalue weighted by Crippen LogP contribution is -2.23. The van der Waals surface area contributed by atoms with E-state index in [0.717, 1.165) is 35.1 Å². The summed E-state index contributed by atoms with van der Waals surface area (Å²) in [5.74, 6) is 1.48. The van der Waals surface area contributed by atoms with Crippen LogP contribution in [-0.4, -0.2) is 61.8 Å². The van der Waals surface area contributed by atoms with Gasteiger partial charge < -0.3 is 19.9 Å². The van der Waals surface area contributed by atoms with Crippen LogP contribution < -0.4 is 21.8 Å². The molecule has 0 amide bonds. The number of benzene rings is 5. The lowest BCUT2D eigenvalue weighted by molar-refractivity contribution is -0.136. The van der Waals surface area contributed by atoms with E-state index in [2.05, 4.69) is 15.6 Å². The van der Waals surface area contributed by atoms with E-state index >= 15 is 0 Å². The van der Waals surface area contributed by atoms with Crippen LogP contribution in [0.2, 0.25) is 0 Å². The quantitative estimate of drug-likeness (QED) is 0.0202. The molecule has 13 nitrogen and oxygen atoms in total. The van der Waals surface area contributed by atoms with Crippen LogP contribution in [0, 0.1) is 11.6 Å². The van der Waals surface area contributed by atoms with Crippen molar-refractivity contribution in [1.82, 2.24) is 15.1 Å². The van der Waals surface area contributed by atoms with Crippen LogP contribution in [0.25, 0.3) is 33.3 Å². The highest BCUT2D eigenvalue weighted by Crippen LogP contribution is 2.32. The lowest BCUT2D eigenvalue weighted by Gasteiger charge is -2.17. The molecule has 5 aromatic carbocycles. The number of esters is 2. The number of hydrogen-bond acceptors (Lipinski definition) is 11. The van der Waals surface area contributed by atoms with Gasteiger partial charge in [0.05, 0.1) is 41.3 Å². The van der Waals surface area contributed by atoms with Crippen molar-refractivity contribution in [2.75, 3.05) is 26.1 Å². The van der Waals surface area contributed by atoms with Crippen molar-refractivity contribution in [2.45, 2.75) is 25.3 Å². The number of sulfone groups is 1. The van der Waals surface area contributed by atoms with Crippen LogP contribution in [0.3, 0.4) is 0 Å². The average molecular weight is 823 g/mol. The average Bonchev–Trinajstić information content (AvgIpc) is 3.57. The van der Waals surface area contributed by atoms with Crippen LogP contribution in [0.1, 0.15) is 46.5 Å². The highest BCUT2D eigenvalue weighted by atomic mass is 32.2. The van der Waals surface area contributed by atoms with E-state index in [9.17, 15) is 26.8 Å². The molecule has 0 saturated heterocycles. The van der Waals surface area contributed by atoms with E-state index in [0.29, 0.717) is 17.6 Å². The normalized spacial score (nSPS) is 12.2. The van der Waals surface area contributed by atoms with Gasteiger partial charge in [0.1, 0.15) is 12.1 Å². The third-order valence-electron chi connectivity index (χ3n) is 9.20. The number of carbonyl (C=O) groups excluding carboxylic acids is 2. The highest BCUT2D eigenvalue weighted by Gasteiger charge is 2.25. The Bertz CT molecular complexity index is 2700. The molecule has 0 radical (unpaired) electrons. The van der Waals surface area contributed by atoms with E-state index < -0.39 is 40.0 Å². The number of nitrogens with one attached hydrogen (secondary N) is 1. The van der Waals surface area contributed by atoms with Crippen molar-refractivity contribution < 1.29 is 41.0 Å². The number of imidazole rings is 1. The minimum atomic E-state index is -3.60. The fourth-order valence-electron chi connectivity index (χ4n) is 6.43. The first-order valence-corrected chi connectivity index (χ1v) is 20.2. The van der Waals surface area contributed by atoms with Gasteiger partial charge in [-0.2, -0.15) is 4.98 Å². The maximum atomic E-state index is 14.6. The second-order valence-electron chi connectivity index (χ2n) is 13.0. The Labute approximate surface area is 338 Å². The van der Waals surface area contributed by atoms with Crippen LogP contribution >= 0.6 is 0 Å². The molecule has 1 heterocycles. The minimum absolute atomic E-state index is 0.00648. The Morgan fingerprint density at radius 1 is 0.831 bits per heavy atom.